The number of hydrogen-bond donors (Lipinski definition) is 0. The molecular weight excluding hydrogens is 637 g/mol. The lowest BCUT2D eigenvalue weighted by molar-refractivity contribution is -0.110. The van der Waals surface area contributed by atoms with Gasteiger partial charge in [-0.15, -0.1) is 22.7 Å². The number of hydrogen-bond acceptors (Lipinski definition) is 6. The van der Waals surface area contributed by atoms with E-state index in [-0.39, 0.29) is 22.3 Å². The molecule has 0 spiro atoms. The third kappa shape index (κ3) is 3.59. The molecule has 2 aromatic carbocycles. The summed E-state index contributed by atoms with van der Waals surface area (Å²) in [5, 5.41) is 0. The highest BCUT2D eigenvalue weighted by Gasteiger charge is 2.52. The smallest absolute Gasteiger partial charge is 0.237 e. The molecular formula is C36H20F4O4S2. The third-order valence-corrected chi connectivity index (χ3v) is 11.6. The van der Waals surface area contributed by atoms with Crippen LogP contribution < -0.4 is 0 Å². The van der Waals surface area contributed by atoms with Gasteiger partial charge in [0.2, 0.25) is 23.1 Å². The highest BCUT2D eigenvalue weighted by molar-refractivity contribution is 7.16. The Morgan fingerprint density at radius 3 is 1.28 bits per heavy atom. The summed E-state index contributed by atoms with van der Waals surface area (Å²) in [6.07, 6.45) is 3.05. The van der Waals surface area contributed by atoms with E-state index in [2.05, 4.69) is 27.7 Å². The first-order valence-corrected chi connectivity index (χ1v) is 15.9. The van der Waals surface area contributed by atoms with Gasteiger partial charge in [0, 0.05) is 64.7 Å². The summed E-state index contributed by atoms with van der Waals surface area (Å²) >= 11 is 2.86. The number of benzene rings is 2. The molecule has 2 aromatic heterocycles. The Morgan fingerprint density at radius 1 is 0.543 bits per heavy atom. The van der Waals surface area contributed by atoms with E-state index in [4.69, 9.17) is 0 Å². The molecule has 0 N–H and O–H groups in total. The molecule has 46 heavy (non-hydrogen) atoms. The second-order valence-corrected chi connectivity index (χ2v) is 15.0. The number of fused-ring (bicyclic) bond motifs is 6. The number of Topliss-reactive ketones (excluding diaryl/α,β-unsaturated/α-hetero) is 4. The summed E-state index contributed by atoms with van der Waals surface area (Å²) in [6.45, 7) is 8.30. The maximum Gasteiger partial charge on any atom is 0.237 e. The Bertz CT molecular complexity index is 2160. The molecule has 4 aromatic rings. The predicted octanol–water partition coefficient (Wildman–Crippen LogP) is 8.47. The molecule has 0 unspecified atom stereocenters. The molecule has 0 saturated heterocycles. The number of halogens is 4. The van der Waals surface area contributed by atoms with Crippen molar-refractivity contribution in [2.24, 2.45) is 0 Å². The molecule has 0 radical (unpaired) electrons. The van der Waals surface area contributed by atoms with Gasteiger partial charge in [0.15, 0.2) is 0 Å². The van der Waals surface area contributed by atoms with Gasteiger partial charge in [-0.25, -0.2) is 17.6 Å². The summed E-state index contributed by atoms with van der Waals surface area (Å²) < 4.78 is 57.0. The third-order valence-electron chi connectivity index (χ3n) is 9.42. The molecule has 4 nitrogen and oxygen atoms in total. The normalized spacial score (nSPS) is 20.3. The SMILES string of the molecule is CC1(C)C2=C(c3sc(/C=C4\C(=O)C(=O)c5c(F)cc(F)cc54)cc31)C(C)(C)c1cc(/C=C3\C(=O)C(=O)c4c(F)cc(F)cc43)sc12. The van der Waals surface area contributed by atoms with Crippen molar-refractivity contribution in [3.05, 3.63) is 113 Å². The monoisotopic (exact) mass is 656 g/mol. The lowest BCUT2D eigenvalue weighted by atomic mass is 9.80. The van der Waals surface area contributed by atoms with E-state index in [0.717, 1.165) is 44.2 Å². The number of carbonyl (C=O) groups is 4. The van der Waals surface area contributed by atoms with Crippen molar-refractivity contribution in [2.75, 3.05) is 0 Å². The lowest BCUT2D eigenvalue weighted by Gasteiger charge is -2.23. The molecule has 0 fully saturated rings. The Hall–Kier alpha value is -4.54. The van der Waals surface area contributed by atoms with Gasteiger partial charge in [-0.3, -0.25) is 19.2 Å². The van der Waals surface area contributed by atoms with Crippen molar-refractivity contribution in [1.29, 1.82) is 0 Å². The van der Waals surface area contributed by atoms with E-state index in [9.17, 15) is 36.7 Å². The standard InChI is InChI=1S/C36H20F4O4S2/c1-35(2)21-11-15(9-19-17-5-13(37)7-23(39)25(17)31(43)29(19)41)45-33(21)28-27(35)34-22(36(28,3)4)12-16(46-34)10-20-18-6-14(38)8-24(40)26(18)32(44)30(20)42/h5-12H,1-4H3/b19-9-,20-10-. The average molecular weight is 657 g/mol. The quantitative estimate of drug-likeness (QED) is 0.123. The molecule has 10 heteroatoms. The van der Waals surface area contributed by atoms with Crippen LogP contribution in [0.1, 0.15) is 90.2 Å². The van der Waals surface area contributed by atoms with Crippen LogP contribution in [0.3, 0.4) is 0 Å². The zero-order valence-electron chi connectivity index (χ0n) is 24.6. The van der Waals surface area contributed by atoms with Crippen molar-refractivity contribution < 1.29 is 36.7 Å². The Kier molecular flexibility index (Phi) is 5.68. The van der Waals surface area contributed by atoms with Crippen molar-refractivity contribution in [3.63, 3.8) is 0 Å². The van der Waals surface area contributed by atoms with Crippen LogP contribution >= 0.6 is 22.7 Å². The van der Waals surface area contributed by atoms with Crippen LogP contribution in [0.2, 0.25) is 0 Å². The minimum Gasteiger partial charge on any atom is -0.285 e. The van der Waals surface area contributed by atoms with Crippen LogP contribution in [0.4, 0.5) is 17.6 Å². The van der Waals surface area contributed by atoms with Gasteiger partial charge in [-0.1, -0.05) is 27.7 Å². The predicted molar refractivity (Wildman–Crippen MR) is 169 cm³/mol. The van der Waals surface area contributed by atoms with Crippen LogP contribution in [-0.4, -0.2) is 23.1 Å². The average Bonchev–Trinajstić information content (AvgIpc) is 3.75. The molecule has 0 atom stereocenters. The summed E-state index contributed by atoms with van der Waals surface area (Å²) in [5.41, 5.74) is 2.15. The Balaban J connectivity index is 1.23. The van der Waals surface area contributed by atoms with E-state index in [1.807, 2.05) is 12.1 Å². The zero-order valence-corrected chi connectivity index (χ0v) is 26.2. The van der Waals surface area contributed by atoms with E-state index >= 15 is 0 Å². The minimum absolute atomic E-state index is 0.0471. The van der Waals surface area contributed by atoms with E-state index in [1.54, 1.807) is 0 Å². The van der Waals surface area contributed by atoms with Crippen molar-refractivity contribution in [1.82, 2.24) is 0 Å². The Morgan fingerprint density at radius 2 is 0.913 bits per heavy atom. The molecule has 0 saturated carbocycles. The largest absolute Gasteiger partial charge is 0.285 e. The maximum atomic E-state index is 14.4. The molecule has 0 amide bonds. The van der Waals surface area contributed by atoms with Crippen LogP contribution in [-0.2, 0) is 20.4 Å². The maximum absolute atomic E-state index is 14.4. The molecule has 2 heterocycles. The minimum atomic E-state index is -1.07. The summed E-state index contributed by atoms with van der Waals surface area (Å²) in [6, 6.07) is 7.07. The van der Waals surface area contributed by atoms with E-state index in [1.165, 1.54) is 34.8 Å². The number of allylic oxidation sites excluding steroid dienone is 4. The molecule has 0 bridgehead atoms. The fourth-order valence-electron chi connectivity index (χ4n) is 7.27. The second kappa shape index (κ2) is 9.04. The number of rotatable bonds is 2. The topological polar surface area (TPSA) is 68.3 Å². The van der Waals surface area contributed by atoms with Gasteiger partial charge < -0.3 is 0 Å². The summed E-state index contributed by atoms with van der Waals surface area (Å²) in [4.78, 5) is 54.1. The van der Waals surface area contributed by atoms with Gasteiger partial charge in [-0.2, -0.15) is 0 Å². The van der Waals surface area contributed by atoms with E-state index in [0.29, 0.717) is 21.9 Å². The van der Waals surface area contributed by atoms with Crippen LogP contribution in [0.5, 0.6) is 0 Å². The van der Waals surface area contributed by atoms with Crippen LogP contribution in [0.15, 0.2) is 36.4 Å². The molecule has 4 aliphatic carbocycles. The van der Waals surface area contributed by atoms with Crippen molar-refractivity contribution >= 4 is 80.3 Å². The fourth-order valence-corrected chi connectivity index (χ4v) is 10.2. The summed E-state index contributed by atoms with van der Waals surface area (Å²) in [7, 11) is 0. The van der Waals surface area contributed by atoms with E-state index < -0.39 is 68.4 Å². The molecule has 0 aliphatic heterocycles. The summed E-state index contributed by atoms with van der Waals surface area (Å²) in [5.74, 6) is -7.65. The van der Waals surface area contributed by atoms with Gasteiger partial charge >= 0.3 is 0 Å². The van der Waals surface area contributed by atoms with Gasteiger partial charge in [0.1, 0.15) is 23.3 Å². The first-order valence-electron chi connectivity index (χ1n) is 14.3. The number of carbonyl (C=O) groups excluding carboxylic acids is 4. The molecule has 8 rings (SSSR count). The first kappa shape index (κ1) is 28.9. The number of ketones is 4. The molecule has 4 aliphatic rings. The Labute approximate surface area is 267 Å². The highest BCUT2D eigenvalue weighted by Crippen LogP contribution is 2.66. The highest BCUT2D eigenvalue weighted by atomic mass is 32.1. The zero-order chi connectivity index (χ0) is 32.8. The second-order valence-electron chi connectivity index (χ2n) is 12.8. The first-order chi connectivity index (χ1) is 21.6. The van der Waals surface area contributed by atoms with Crippen LogP contribution in [0, 0.1) is 23.3 Å². The van der Waals surface area contributed by atoms with Crippen LogP contribution in [0.25, 0.3) is 34.4 Å². The van der Waals surface area contributed by atoms with Gasteiger partial charge in [0.05, 0.1) is 11.1 Å². The fraction of sp³-hybridized carbons (Fsp3) is 0.167. The van der Waals surface area contributed by atoms with Crippen molar-refractivity contribution in [2.45, 2.75) is 38.5 Å². The number of thiophene rings is 2. The van der Waals surface area contributed by atoms with Gasteiger partial charge in [-0.05, 0) is 58.7 Å². The lowest BCUT2D eigenvalue weighted by Crippen LogP contribution is -2.16. The van der Waals surface area contributed by atoms with Crippen molar-refractivity contribution in [3.8, 4) is 0 Å². The van der Waals surface area contributed by atoms with Gasteiger partial charge in [0.25, 0.3) is 0 Å². The molecule has 228 valence electrons.